The van der Waals surface area contributed by atoms with Crippen LogP contribution in [-0.4, -0.2) is 42.1 Å². The molecule has 144 valence electrons. The van der Waals surface area contributed by atoms with Crippen LogP contribution in [-0.2, 0) is 9.53 Å². The predicted octanol–water partition coefficient (Wildman–Crippen LogP) is 3.35. The SMILES string of the molecule is CC(=O)N1CCCC(N)[C@@H]1COC1CCC(c2cccc(F)c2F)CC1. The van der Waals surface area contributed by atoms with Gasteiger partial charge in [-0.05, 0) is 56.1 Å². The minimum Gasteiger partial charge on any atom is -0.376 e. The Kier molecular flexibility index (Phi) is 6.24. The van der Waals surface area contributed by atoms with E-state index in [0.717, 1.165) is 51.1 Å². The molecule has 26 heavy (non-hydrogen) atoms. The van der Waals surface area contributed by atoms with Gasteiger partial charge in [0.2, 0.25) is 5.91 Å². The first-order valence-corrected chi connectivity index (χ1v) is 9.55. The summed E-state index contributed by atoms with van der Waals surface area (Å²) in [5.74, 6) is -1.42. The highest BCUT2D eigenvalue weighted by Crippen LogP contribution is 2.36. The average molecular weight is 366 g/mol. The smallest absolute Gasteiger partial charge is 0.219 e. The number of amides is 1. The van der Waals surface area contributed by atoms with Crippen molar-refractivity contribution >= 4 is 5.91 Å². The summed E-state index contributed by atoms with van der Waals surface area (Å²) in [7, 11) is 0. The molecular weight excluding hydrogens is 338 g/mol. The van der Waals surface area contributed by atoms with Crippen molar-refractivity contribution in [3.8, 4) is 0 Å². The highest BCUT2D eigenvalue weighted by Gasteiger charge is 2.32. The van der Waals surface area contributed by atoms with E-state index >= 15 is 0 Å². The van der Waals surface area contributed by atoms with Gasteiger partial charge in [-0.15, -0.1) is 0 Å². The predicted molar refractivity (Wildman–Crippen MR) is 95.7 cm³/mol. The molecule has 0 radical (unpaired) electrons. The van der Waals surface area contributed by atoms with E-state index in [1.54, 1.807) is 19.1 Å². The van der Waals surface area contributed by atoms with Crippen LogP contribution in [0.25, 0.3) is 0 Å². The van der Waals surface area contributed by atoms with E-state index in [-0.39, 0.29) is 30.0 Å². The molecule has 2 aliphatic rings. The van der Waals surface area contributed by atoms with Crippen molar-refractivity contribution in [2.45, 2.75) is 69.6 Å². The van der Waals surface area contributed by atoms with Gasteiger partial charge in [0.1, 0.15) is 0 Å². The van der Waals surface area contributed by atoms with Gasteiger partial charge in [-0.1, -0.05) is 12.1 Å². The molecule has 0 bridgehead atoms. The molecule has 0 aromatic heterocycles. The molecule has 1 unspecified atom stereocenters. The third-order valence-electron chi connectivity index (χ3n) is 5.83. The van der Waals surface area contributed by atoms with Crippen molar-refractivity contribution in [2.24, 2.45) is 5.73 Å². The Bertz CT molecular complexity index is 632. The maximum atomic E-state index is 14.0. The molecule has 1 aromatic carbocycles. The number of ether oxygens (including phenoxy) is 1. The number of carbonyl (C=O) groups excluding carboxylic acids is 1. The van der Waals surface area contributed by atoms with Gasteiger partial charge in [0.05, 0.1) is 18.8 Å². The summed E-state index contributed by atoms with van der Waals surface area (Å²) in [6, 6.07) is 4.28. The summed E-state index contributed by atoms with van der Waals surface area (Å²) in [5, 5.41) is 0. The molecule has 3 rings (SSSR count). The second kappa shape index (κ2) is 8.44. The van der Waals surface area contributed by atoms with E-state index in [2.05, 4.69) is 0 Å². The third-order valence-corrected chi connectivity index (χ3v) is 5.83. The quantitative estimate of drug-likeness (QED) is 0.889. The van der Waals surface area contributed by atoms with Crippen LogP contribution in [0.3, 0.4) is 0 Å². The lowest BCUT2D eigenvalue weighted by Gasteiger charge is -2.40. The van der Waals surface area contributed by atoms with Crippen molar-refractivity contribution in [1.29, 1.82) is 0 Å². The Morgan fingerprint density at radius 1 is 1.23 bits per heavy atom. The number of likely N-dealkylation sites (tertiary alicyclic amines) is 1. The lowest BCUT2D eigenvalue weighted by Crippen LogP contribution is -2.56. The number of benzene rings is 1. The molecule has 0 spiro atoms. The number of halogens is 2. The first-order chi connectivity index (χ1) is 12.5. The van der Waals surface area contributed by atoms with Crippen molar-refractivity contribution < 1.29 is 18.3 Å². The Balaban J connectivity index is 1.52. The van der Waals surface area contributed by atoms with Crippen LogP contribution in [0.15, 0.2) is 18.2 Å². The minimum atomic E-state index is -0.781. The van der Waals surface area contributed by atoms with Gasteiger partial charge in [0, 0.05) is 19.5 Å². The lowest BCUT2D eigenvalue weighted by atomic mass is 9.82. The van der Waals surface area contributed by atoms with Crippen LogP contribution in [0.1, 0.15) is 56.9 Å². The molecule has 2 fully saturated rings. The Morgan fingerprint density at radius 2 is 1.96 bits per heavy atom. The number of rotatable bonds is 4. The minimum absolute atomic E-state index is 0.0382. The fraction of sp³-hybridized carbons (Fsp3) is 0.650. The highest BCUT2D eigenvalue weighted by molar-refractivity contribution is 5.73. The van der Waals surface area contributed by atoms with Crippen molar-refractivity contribution in [3.05, 3.63) is 35.4 Å². The van der Waals surface area contributed by atoms with Crippen LogP contribution in [0.4, 0.5) is 8.78 Å². The number of carbonyl (C=O) groups is 1. The molecule has 1 amide bonds. The molecule has 2 atom stereocenters. The summed E-state index contributed by atoms with van der Waals surface area (Å²) in [6.45, 7) is 2.76. The normalized spacial score (nSPS) is 29.6. The number of nitrogens with zero attached hydrogens (tertiary/aromatic N) is 1. The second-order valence-corrected chi connectivity index (χ2v) is 7.54. The molecule has 1 saturated heterocycles. The monoisotopic (exact) mass is 366 g/mol. The maximum Gasteiger partial charge on any atom is 0.219 e. The summed E-state index contributed by atoms with van der Waals surface area (Å²) < 4.78 is 33.5. The number of hydrogen-bond donors (Lipinski definition) is 1. The van der Waals surface area contributed by atoms with E-state index < -0.39 is 11.6 Å². The summed E-state index contributed by atoms with van der Waals surface area (Å²) in [5.41, 5.74) is 6.67. The summed E-state index contributed by atoms with van der Waals surface area (Å²) >= 11 is 0. The maximum absolute atomic E-state index is 14.0. The van der Waals surface area contributed by atoms with E-state index in [9.17, 15) is 13.6 Å². The first kappa shape index (κ1) is 19.2. The van der Waals surface area contributed by atoms with E-state index in [0.29, 0.717) is 12.2 Å². The molecule has 2 N–H and O–H groups in total. The van der Waals surface area contributed by atoms with Crippen LogP contribution in [0, 0.1) is 11.6 Å². The van der Waals surface area contributed by atoms with E-state index in [4.69, 9.17) is 10.5 Å². The lowest BCUT2D eigenvalue weighted by molar-refractivity contribution is -0.135. The van der Waals surface area contributed by atoms with Gasteiger partial charge in [-0.25, -0.2) is 8.78 Å². The Labute approximate surface area is 153 Å². The molecule has 1 heterocycles. The highest BCUT2D eigenvalue weighted by atomic mass is 19.2. The standard InChI is InChI=1S/C20H28F2N2O2/c1-13(25)24-11-3-6-18(23)19(24)12-26-15-9-7-14(8-10-15)16-4-2-5-17(21)20(16)22/h2,4-5,14-15,18-19H,3,6-12,23H2,1H3/t14?,15?,18?,19-/m0/s1. The average Bonchev–Trinajstić information content (AvgIpc) is 2.63. The van der Waals surface area contributed by atoms with Crippen LogP contribution >= 0.6 is 0 Å². The third kappa shape index (κ3) is 4.23. The van der Waals surface area contributed by atoms with Gasteiger partial charge in [-0.2, -0.15) is 0 Å². The fourth-order valence-corrected chi connectivity index (χ4v) is 4.30. The fourth-order valence-electron chi connectivity index (χ4n) is 4.30. The molecule has 1 aliphatic carbocycles. The largest absolute Gasteiger partial charge is 0.376 e. The van der Waals surface area contributed by atoms with Gasteiger partial charge >= 0.3 is 0 Å². The van der Waals surface area contributed by atoms with Crippen molar-refractivity contribution in [3.63, 3.8) is 0 Å². The second-order valence-electron chi connectivity index (χ2n) is 7.54. The molecular formula is C20H28F2N2O2. The van der Waals surface area contributed by atoms with Crippen molar-refractivity contribution in [2.75, 3.05) is 13.2 Å². The number of nitrogens with two attached hydrogens (primary N) is 1. The molecule has 4 nitrogen and oxygen atoms in total. The Hall–Kier alpha value is -1.53. The zero-order valence-electron chi connectivity index (χ0n) is 15.3. The summed E-state index contributed by atoms with van der Waals surface area (Å²) in [4.78, 5) is 13.6. The Morgan fingerprint density at radius 3 is 2.65 bits per heavy atom. The molecule has 1 saturated carbocycles. The number of piperidine rings is 1. The molecule has 1 aromatic rings. The zero-order chi connectivity index (χ0) is 18.7. The topological polar surface area (TPSA) is 55.6 Å². The molecule has 6 heteroatoms. The first-order valence-electron chi connectivity index (χ1n) is 9.55. The number of hydrogen-bond acceptors (Lipinski definition) is 3. The van der Waals surface area contributed by atoms with Gasteiger partial charge in [0.25, 0.3) is 0 Å². The summed E-state index contributed by atoms with van der Waals surface area (Å²) in [6.07, 6.45) is 5.10. The van der Waals surface area contributed by atoms with E-state index in [1.165, 1.54) is 0 Å². The van der Waals surface area contributed by atoms with E-state index in [1.807, 2.05) is 4.90 Å². The van der Waals surface area contributed by atoms with Crippen LogP contribution in [0.2, 0.25) is 0 Å². The van der Waals surface area contributed by atoms with Crippen molar-refractivity contribution in [1.82, 2.24) is 4.90 Å². The van der Waals surface area contributed by atoms with Gasteiger partial charge in [-0.3, -0.25) is 4.79 Å². The molecule has 1 aliphatic heterocycles. The zero-order valence-corrected chi connectivity index (χ0v) is 15.3. The van der Waals surface area contributed by atoms with Gasteiger partial charge in [0.15, 0.2) is 11.6 Å². The van der Waals surface area contributed by atoms with Gasteiger partial charge < -0.3 is 15.4 Å². The van der Waals surface area contributed by atoms with Crippen LogP contribution in [0.5, 0.6) is 0 Å². The van der Waals surface area contributed by atoms with Crippen LogP contribution < -0.4 is 5.73 Å².